The summed E-state index contributed by atoms with van der Waals surface area (Å²) in [7, 11) is -2.71. The second kappa shape index (κ2) is 17.4. The van der Waals surface area contributed by atoms with Gasteiger partial charge in [-0.1, -0.05) is 0 Å². The fourth-order valence-electron chi connectivity index (χ4n) is 4.75. The van der Waals surface area contributed by atoms with Gasteiger partial charge in [0.15, 0.2) is 27.2 Å². The average molecular weight is 792 g/mol. The smallest absolute Gasteiger partial charge is 0.335 e. The predicted octanol–water partition coefficient (Wildman–Crippen LogP) is 1.39. The Balaban J connectivity index is 0.000000303. The van der Waals surface area contributed by atoms with Gasteiger partial charge >= 0.3 is 6.03 Å². The maximum atomic E-state index is 12.8. The Morgan fingerprint density at radius 2 is 1.50 bits per heavy atom. The molecule has 0 saturated heterocycles. The number of nitro benzene ring substituents is 1. The van der Waals surface area contributed by atoms with E-state index < -0.39 is 76.1 Å². The first kappa shape index (κ1) is 42.1. The zero-order valence-corrected chi connectivity index (χ0v) is 30.8. The fraction of sp³-hybridized carbons (Fsp3) is 0.290. The van der Waals surface area contributed by atoms with Crippen LogP contribution in [0.25, 0.3) is 0 Å². The summed E-state index contributed by atoms with van der Waals surface area (Å²) in [6, 6.07) is 6.56. The quantitative estimate of drug-likeness (QED) is 0.0767. The van der Waals surface area contributed by atoms with Crippen LogP contribution in [0.4, 0.5) is 22.1 Å². The topological polar surface area (TPSA) is 297 Å². The zero-order chi connectivity index (χ0) is 40.5. The van der Waals surface area contributed by atoms with Crippen molar-refractivity contribution in [2.75, 3.05) is 45.2 Å². The second-order valence-corrected chi connectivity index (χ2v) is 15.0. The number of rotatable bonds is 12. The molecule has 3 N–H and O–H groups in total. The van der Waals surface area contributed by atoms with Crippen molar-refractivity contribution in [2.45, 2.75) is 29.1 Å². The van der Waals surface area contributed by atoms with E-state index in [2.05, 4.69) is 20.6 Å². The second-order valence-electron chi connectivity index (χ2n) is 11.3. The minimum absolute atomic E-state index is 0.0662. The number of urea groups is 1. The van der Waals surface area contributed by atoms with Crippen LogP contribution in [0.1, 0.15) is 40.0 Å². The van der Waals surface area contributed by atoms with Crippen LogP contribution in [0.15, 0.2) is 52.3 Å². The number of benzene rings is 2. The molecule has 1 aromatic heterocycles. The normalized spacial score (nSPS) is 13.1. The largest absolute Gasteiger partial charge is 0.481 e. The van der Waals surface area contributed by atoms with Gasteiger partial charge < -0.3 is 19.7 Å². The van der Waals surface area contributed by atoms with E-state index in [1.54, 1.807) is 4.72 Å². The summed E-state index contributed by atoms with van der Waals surface area (Å²) in [5, 5.41) is 15.6. The molecule has 288 valence electrons. The van der Waals surface area contributed by atoms with Gasteiger partial charge in [0, 0.05) is 44.9 Å². The van der Waals surface area contributed by atoms with Crippen molar-refractivity contribution >= 4 is 72.9 Å². The maximum Gasteiger partial charge on any atom is 0.335 e. The molecule has 0 unspecified atom stereocenters. The van der Waals surface area contributed by atoms with Gasteiger partial charge in [-0.3, -0.25) is 39.4 Å². The summed E-state index contributed by atoms with van der Waals surface area (Å²) in [6.07, 6.45) is 1.71. The number of nitrogens with zero attached hydrogens (tertiary/aromatic N) is 4. The van der Waals surface area contributed by atoms with Gasteiger partial charge in [0.2, 0.25) is 24.1 Å². The van der Waals surface area contributed by atoms with Crippen molar-refractivity contribution in [1.82, 2.24) is 19.6 Å². The van der Waals surface area contributed by atoms with Crippen LogP contribution >= 0.6 is 0 Å². The maximum absolute atomic E-state index is 12.8. The third kappa shape index (κ3) is 10.4. The van der Waals surface area contributed by atoms with Crippen LogP contribution in [0.5, 0.6) is 11.8 Å². The average Bonchev–Trinajstić information content (AvgIpc) is 3.10. The minimum atomic E-state index is -4.54. The molecule has 1 aliphatic carbocycles. The molecule has 4 rings (SSSR count). The number of ketones is 3. The Morgan fingerprint density at radius 3 is 2.00 bits per heavy atom. The van der Waals surface area contributed by atoms with E-state index >= 15 is 0 Å². The molecular weight excluding hydrogens is 759 g/mol. The first-order valence-corrected chi connectivity index (χ1v) is 18.6. The van der Waals surface area contributed by atoms with Crippen molar-refractivity contribution in [3.63, 3.8) is 0 Å². The summed E-state index contributed by atoms with van der Waals surface area (Å²) in [5.74, 6) is -4.39. The highest BCUT2D eigenvalue weighted by atomic mass is 32.2. The monoisotopic (exact) mass is 791 g/mol. The lowest BCUT2D eigenvalue weighted by Gasteiger charge is -2.18. The molecule has 0 spiro atoms. The van der Waals surface area contributed by atoms with Crippen LogP contribution in [-0.2, 0) is 34.2 Å². The summed E-state index contributed by atoms with van der Waals surface area (Å²) in [4.78, 5) is 89.7. The molecule has 23 heteroatoms. The van der Waals surface area contributed by atoms with Gasteiger partial charge in [-0.2, -0.15) is 9.97 Å². The lowest BCUT2D eigenvalue weighted by atomic mass is 9.81. The van der Waals surface area contributed by atoms with Crippen molar-refractivity contribution < 1.29 is 60.0 Å². The molecule has 1 fully saturated rings. The van der Waals surface area contributed by atoms with Crippen molar-refractivity contribution in [1.29, 1.82) is 0 Å². The van der Waals surface area contributed by atoms with E-state index in [1.165, 1.54) is 46.5 Å². The van der Waals surface area contributed by atoms with Gasteiger partial charge in [-0.05, 0) is 36.8 Å². The minimum Gasteiger partial charge on any atom is -0.481 e. The van der Waals surface area contributed by atoms with Crippen molar-refractivity contribution in [3.05, 3.63) is 63.7 Å². The van der Waals surface area contributed by atoms with Crippen LogP contribution in [0.2, 0.25) is 0 Å². The number of sulfone groups is 1. The predicted molar refractivity (Wildman–Crippen MR) is 187 cm³/mol. The molecule has 2 aromatic carbocycles. The van der Waals surface area contributed by atoms with Gasteiger partial charge in [-0.15, -0.1) is 0 Å². The summed E-state index contributed by atoms with van der Waals surface area (Å²) < 4.78 is 60.3. The number of amides is 4. The third-order valence-electron chi connectivity index (χ3n) is 7.30. The summed E-state index contributed by atoms with van der Waals surface area (Å²) in [6.45, 7) is 0. The van der Waals surface area contributed by atoms with E-state index in [4.69, 9.17) is 9.47 Å². The third-order valence-corrected chi connectivity index (χ3v) is 9.78. The Bertz CT molecular complexity index is 2210. The number of carbonyl (C=O) groups excluding carboxylic acids is 6. The highest BCUT2D eigenvalue weighted by Gasteiger charge is 2.39. The highest BCUT2D eigenvalue weighted by Crippen LogP contribution is 2.29. The number of anilines is 2. The molecule has 21 nitrogen and oxygen atoms in total. The van der Waals surface area contributed by atoms with Crippen LogP contribution < -0.4 is 24.8 Å². The number of sulfonamides is 1. The summed E-state index contributed by atoms with van der Waals surface area (Å²) in [5.41, 5.74) is -1.27. The Kier molecular flexibility index (Phi) is 13.6. The van der Waals surface area contributed by atoms with Crippen LogP contribution in [0.3, 0.4) is 0 Å². The van der Waals surface area contributed by atoms with E-state index in [0.717, 1.165) is 35.4 Å². The number of nitrogens with one attached hydrogen (secondary N) is 3. The summed E-state index contributed by atoms with van der Waals surface area (Å²) >= 11 is 0. The van der Waals surface area contributed by atoms with Gasteiger partial charge in [0.25, 0.3) is 21.6 Å². The number of hydrogen-bond donors (Lipinski definition) is 3. The van der Waals surface area contributed by atoms with Crippen LogP contribution in [-0.4, -0.2) is 107 Å². The van der Waals surface area contributed by atoms with Gasteiger partial charge in [-0.25, -0.2) is 26.4 Å². The van der Waals surface area contributed by atoms with Crippen molar-refractivity contribution in [3.8, 4) is 11.8 Å². The molecule has 0 bridgehead atoms. The number of ether oxygens (including phenoxy) is 2. The van der Waals surface area contributed by atoms with E-state index in [9.17, 15) is 55.7 Å². The number of aromatic nitrogens is 2. The standard InChI is InChI=1S/C17H20N6O7S.C14H13NO7S/c1-23(2)15(25)11-6-5-10(18-9-24)7-12(11)31(27,28)22-17(26)21-16-19-13(29-3)8-14(20-16)30-4;1-23(21,22)8-5-6-9(10(7-8)15(19)20)14(18)13-11(16)3-2-4-12(13)17/h5-9H,1-4H3,(H,18,24)(H2,19,20,21,22,26);5-7,13H,2-4H2,1H3. The Hall–Kier alpha value is -6.36. The van der Waals surface area contributed by atoms with Gasteiger partial charge in [0.1, 0.15) is 10.8 Å². The number of nitro groups is 1. The lowest BCUT2D eigenvalue weighted by Crippen LogP contribution is -2.36. The first-order chi connectivity index (χ1) is 25.2. The van der Waals surface area contributed by atoms with Crippen molar-refractivity contribution in [2.24, 2.45) is 5.92 Å². The molecule has 54 heavy (non-hydrogen) atoms. The number of carbonyl (C=O) groups is 6. The number of hydrogen-bond acceptors (Lipinski definition) is 16. The highest BCUT2D eigenvalue weighted by molar-refractivity contribution is 7.90. The van der Waals surface area contributed by atoms with E-state index in [-0.39, 0.29) is 46.7 Å². The molecule has 3 aromatic rings. The Morgan fingerprint density at radius 1 is 0.926 bits per heavy atom. The molecule has 0 atom stereocenters. The molecule has 1 heterocycles. The van der Waals surface area contributed by atoms with Crippen LogP contribution in [0, 0.1) is 16.0 Å². The van der Waals surface area contributed by atoms with E-state index in [0.29, 0.717) is 12.8 Å². The number of methoxy groups -OCH3 is 2. The SMILES string of the molecule is COc1cc(OC)nc(NC(=O)NS(=O)(=O)c2cc(NC=O)ccc2C(=O)N(C)C)n1.CS(=O)(=O)c1ccc(C(=O)C2C(=O)CCCC2=O)c([N+](=O)[O-])c1. The Labute approximate surface area is 307 Å². The molecule has 4 amide bonds. The molecular formula is C31H33N7O14S2. The number of Topliss-reactive ketones (excluding diaryl/α,β-unsaturated/α-hetero) is 3. The van der Waals surface area contributed by atoms with E-state index in [1.807, 2.05) is 0 Å². The molecule has 0 aliphatic heterocycles. The molecule has 1 aliphatic rings. The first-order valence-electron chi connectivity index (χ1n) is 15.2. The van der Waals surface area contributed by atoms with Gasteiger partial charge in [0.05, 0.1) is 41.2 Å². The zero-order valence-electron chi connectivity index (χ0n) is 29.1. The molecule has 1 saturated carbocycles. The lowest BCUT2D eigenvalue weighted by molar-refractivity contribution is -0.385. The fourth-order valence-corrected chi connectivity index (χ4v) is 6.52. The molecule has 0 radical (unpaired) electrons.